The smallest absolute Gasteiger partial charge is 0.237 e. The molecule has 0 saturated heterocycles. The van der Waals surface area contributed by atoms with Crippen LogP contribution in [0.1, 0.15) is 0 Å². The Hall–Kier alpha value is -0.770. The molecule has 0 amide bonds. The molecule has 1 aromatic heterocycles. The largest absolute Gasteiger partial charge is 0.480 e. The number of pyridine rings is 1. The summed E-state index contributed by atoms with van der Waals surface area (Å²) in [5.74, 6) is 0.583. The zero-order chi connectivity index (χ0) is 7.40. The van der Waals surface area contributed by atoms with Gasteiger partial charge >= 0.3 is 0 Å². The van der Waals surface area contributed by atoms with Gasteiger partial charge in [-0.2, -0.15) is 0 Å². The molecule has 0 unspecified atom stereocenters. The molecule has 54 valence electrons. The summed E-state index contributed by atoms with van der Waals surface area (Å²) in [7, 11) is 1.58. The Bertz CT molecular complexity index is 194. The van der Waals surface area contributed by atoms with Crippen LogP contribution >= 0.6 is 16.1 Å². The molecule has 1 rings (SSSR count). The first-order valence-corrected chi connectivity index (χ1v) is 3.53. The van der Waals surface area contributed by atoms with Crippen molar-refractivity contribution in [3.63, 3.8) is 0 Å². The first-order chi connectivity index (χ1) is 4.88. The first-order valence-electron chi connectivity index (χ1n) is 2.74. The van der Waals surface area contributed by atoms with Gasteiger partial charge in [0.05, 0.1) is 7.11 Å². The topological polar surface area (TPSA) is 34.1 Å². The Balaban J connectivity index is 2.96. The SMILES string of the molecule is COc1ncccc1NBr. The molecule has 1 aromatic rings. The summed E-state index contributed by atoms with van der Waals surface area (Å²) < 4.78 is 7.70. The van der Waals surface area contributed by atoms with Gasteiger partial charge in [-0.3, -0.25) is 0 Å². The molecule has 1 heterocycles. The third kappa shape index (κ3) is 1.39. The van der Waals surface area contributed by atoms with Crippen molar-refractivity contribution < 1.29 is 4.74 Å². The van der Waals surface area contributed by atoms with E-state index < -0.39 is 0 Å². The van der Waals surface area contributed by atoms with Crippen molar-refractivity contribution in [2.75, 3.05) is 11.5 Å². The highest BCUT2D eigenvalue weighted by atomic mass is 79.9. The molecule has 0 atom stereocenters. The van der Waals surface area contributed by atoms with Gasteiger partial charge in [0.15, 0.2) is 0 Å². The lowest BCUT2D eigenvalue weighted by molar-refractivity contribution is 0.400. The lowest BCUT2D eigenvalue weighted by Gasteiger charge is -2.02. The standard InChI is InChI=1S/C6H7BrN2O/c1-10-6-5(9-7)3-2-4-8-6/h2-4,9H,1H3. The average molecular weight is 203 g/mol. The fraction of sp³-hybridized carbons (Fsp3) is 0.167. The Labute approximate surface area is 67.8 Å². The van der Waals surface area contributed by atoms with E-state index in [1.165, 1.54) is 0 Å². The van der Waals surface area contributed by atoms with E-state index in [0.717, 1.165) is 5.69 Å². The number of hydrogen-bond acceptors (Lipinski definition) is 3. The Morgan fingerprint density at radius 2 is 2.50 bits per heavy atom. The van der Waals surface area contributed by atoms with E-state index in [1.807, 2.05) is 12.1 Å². The number of anilines is 1. The van der Waals surface area contributed by atoms with E-state index in [2.05, 4.69) is 25.5 Å². The Kier molecular flexibility index (Phi) is 2.50. The predicted octanol–water partition coefficient (Wildman–Crippen LogP) is 1.81. The molecule has 0 aliphatic rings. The minimum absolute atomic E-state index is 0.583. The highest BCUT2D eigenvalue weighted by Gasteiger charge is 1.98. The summed E-state index contributed by atoms with van der Waals surface area (Å²) in [4.78, 5) is 3.95. The van der Waals surface area contributed by atoms with Crippen LogP contribution in [0.4, 0.5) is 5.69 Å². The maximum atomic E-state index is 4.93. The summed E-state index contributed by atoms with van der Waals surface area (Å²) in [6.07, 6.45) is 1.67. The van der Waals surface area contributed by atoms with Gasteiger partial charge in [0.2, 0.25) is 5.88 Å². The number of methoxy groups -OCH3 is 1. The molecule has 4 heteroatoms. The van der Waals surface area contributed by atoms with E-state index >= 15 is 0 Å². The van der Waals surface area contributed by atoms with Crippen molar-refractivity contribution in [3.8, 4) is 5.88 Å². The van der Waals surface area contributed by atoms with Gasteiger partial charge in [-0.05, 0) is 12.1 Å². The van der Waals surface area contributed by atoms with Crippen LogP contribution in [0, 0.1) is 0 Å². The van der Waals surface area contributed by atoms with Gasteiger partial charge < -0.3 is 9.08 Å². The van der Waals surface area contributed by atoms with Crippen molar-refractivity contribution in [1.29, 1.82) is 0 Å². The van der Waals surface area contributed by atoms with Crippen LogP contribution in [0.2, 0.25) is 0 Å². The highest BCUT2D eigenvalue weighted by molar-refractivity contribution is 9.10. The molecule has 3 nitrogen and oxygen atoms in total. The summed E-state index contributed by atoms with van der Waals surface area (Å²) in [6, 6.07) is 3.69. The lowest BCUT2D eigenvalue weighted by Crippen LogP contribution is -1.90. The zero-order valence-corrected chi connectivity index (χ0v) is 7.05. The molecule has 0 aliphatic carbocycles. The first kappa shape index (κ1) is 7.34. The average Bonchev–Trinajstić information content (AvgIpc) is 2.04. The molecular formula is C6H7BrN2O. The van der Waals surface area contributed by atoms with Crippen molar-refractivity contribution in [2.24, 2.45) is 0 Å². The number of hydrogen-bond donors (Lipinski definition) is 1. The number of aromatic nitrogens is 1. The Morgan fingerprint density at radius 1 is 1.70 bits per heavy atom. The van der Waals surface area contributed by atoms with Gasteiger partial charge in [-0.15, -0.1) is 0 Å². The van der Waals surface area contributed by atoms with Crippen LogP contribution in [0.3, 0.4) is 0 Å². The highest BCUT2D eigenvalue weighted by Crippen LogP contribution is 2.20. The van der Waals surface area contributed by atoms with Gasteiger partial charge in [0.25, 0.3) is 0 Å². The van der Waals surface area contributed by atoms with Crippen LogP contribution in [0.15, 0.2) is 18.3 Å². The van der Waals surface area contributed by atoms with E-state index in [9.17, 15) is 0 Å². The van der Waals surface area contributed by atoms with Gasteiger partial charge in [-0.25, -0.2) is 4.98 Å². The van der Waals surface area contributed by atoms with Gasteiger partial charge in [0, 0.05) is 22.3 Å². The predicted molar refractivity (Wildman–Crippen MR) is 43.3 cm³/mol. The van der Waals surface area contributed by atoms with Crippen molar-refractivity contribution in [2.45, 2.75) is 0 Å². The summed E-state index contributed by atoms with van der Waals surface area (Å²) in [5, 5.41) is 0. The maximum Gasteiger partial charge on any atom is 0.237 e. The van der Waals surface area contributed by atoms with E-state index in [4.69, 9.17) is 4.74 Å². The monoisotopic (exact) mass is 202 g/mol. The van der Waals surface area contributed by atoms with E-state index in [1.54, 1.807) is 13.3 Å². The van der Waals surface area contributed by atoms with Gasteiger partial charge in [0.1, 0.15) is 5.69 Å². The fourth-order valence-corrected chi connectivity index (χ4v) is 0.927. The fourth-order valence-electron chi connectivity index (χ4n) is 0.625. The number of nitrogens with zero attached hydrogens (tertiary/aromatic N) is 1. The molecule has 0 fully saturated rings. The molecule has 0 aromatic carbocycles. The second kappa shape index (κ2) is 3.41. The second-order valence-electron chi connectivity index (χ2n) is 1.65. The molecule has 10 heavy (non-hydrogen) atoms. The van der Waals surface area contributed by atoms with Crippen molar-refractivity contribution in [1.82, 2.24) is 4.98 Å². The zero-order valence-electron chi connectivity index (χ0n) is 5.47. The molecule has 0 bridgehead atoms. The number of rotatable bonds is 2. The minimum atomic E-state index is 0.583. The number of nitrogens with one attached hydrogen (secondary N) is 1. The van der Waals surface area contributed by atoms with E-state index in [0.29, 0.717) is 5.88 Å². The normalized spacial score (nSPS) is 9.00. The maximum absolute atomic E-state index is 4.93. The Morgan fingerprint density at radius 3 is 3.00 bits per heavy atom. The van der Waals surface area contributed by atoms with Gasteiger partial charge in [-0.1, -0.05) is 0 Å². The summed E-state index contributed by atoms with van der Waals surface area (Å²) >= 11 is 3.08. The molecule has 0 saturated carbocycles. The van der Waals surface area contributed by atoms with Crippen LogP contribution < -0.4 is 9.08 Å². The number of ether oxygens (including phenoxy) is 1. The lowest BCUT2D eigenvalue weighted by atomic mass is 10.4. The van der Waals surface area contributed by atoms with E-state index in [-0.39, 0.29) is 0 Å². The molecule has 0 spiro atoms. The third-order valence-electron chi connectivity index (χ3n) is 1.07. The molecular weight excluding hydrogens is 196 g/mol. The van der Waals surface area contributed by atoms with Crippen LogP contribution in [-0.4, -0.2) is 12.1 Å². The quantitative estimate of drug-likeness (QED) is 0.744. The van der Waals surface area contributed by atoms with Crippen LogP contribution in [0.25, 0.3) is 0 Å². The molecule has 1 N–H and O–H groups in total. The number of halogens is 1. The van der Waals surface area contributed by atoms with Crippen molar-refractivity contribution >= 4 is 21.8 Å². The van der Waals surface area contributed by atoms with Crippen LogP contribution in [-0.2, 0) is 0 Å². The minimum Gasteiger partial charge on any atom is -0.480 e. The van der Waals surface area contributed by atoms with Crippen LogP contribution in [0.5, 0.6) is 5.88 Å². The summed E-state index contributed by atoms with van der Waals surface area (Å²) in [5.41, 5.74) is 0.824. The summed E-state index contributed by atoms with van der Waals surface area (Å²) in [6.45, 7) is 0. The molecule has 0 aliphatic heterocycles. The third-order valence-corrected chi connectivity index (χ3v) is 1.49. The van der Waals surface area contributed by atoms with Crippen molar-refractivity contribution in [3.05, 3.63) is 18.3 Å². The second-order valence-corrected chi connectivity index (χ2v) is 2.05. The molecule has 0 radical (unpaired) electrons.